The second-order valence-corrected chi connectivity index (χ2v) is 2.77. The summed E-state index contributed by atoms with van der Waals surface area (Å²) in [5.74, 6) is 4.18. The smallest absolute Gasteiger partial charge is 0.329 e. The third-order valence-corrected chi connectivity index (χ3v) is 1.62. The van der Waals surface area contributed by atoms with E-state index in [1.807, 2.05) is 0 Å². The molecular weight excluding hydrogens is 187 g/mol. The van der Waals surface area contributed by atoms with Gasteiger partial charge in [0.1, 0.15) is 17.6 Å². The topological polar surface area (TPSA) is 64.3 Å². The lowest BCUT2D eigenvalue weighted by Gasteiger charge is -2.09. The number of nitrogens with one attached hydrogen (secondary N) is 1. The van der Waals surface area contributed by atoms with Crippen LogP contribution in [0.5, 0.6) is 5.75 Å². The van der Waals surface area contributed by atoms with Crippen LogP contribution in [0.2, 0.25) is 0 Å². The molecule has 0 heterocycles. The van der Waals surface area contributed by atoms with Crippen LogP contribution in [0, 0.1) is 5.82 Å². The number of rotatable bonds is 3. The predicted octanol–water partition coefficient (Wildman–Crippen LogP) is 0.583. The highest BCUT2D eigenvalue weighted by atomic mass is 19.1. The first-order chi connectivity index (χ1) is 6.63. The predicted molar refractivity (Wildman–Crippen MR) is 48.8 cm³/mol. The first kappa shape index (κ1) is 10.6. The van der Waals surface area contributed by atoms with Crippen LogP contribution in [0.25, 0.3) is 0 Å². The molecule has 1 aromatic carbocycles. The van der Waals surface area contributed by atoms with Crippen molar-refractivity contribution in [1.29, 1.82) is 0 Å². The Morgan fingerprint density at radius 3 is 2.93 bits per heavy atom. The van der Waals surface area contributed by atoms with Crippen LogP contribution in [0.1, 0.15) is 6.92 Å². The van der Waals surface area contributed by atoms with Gasteiger partial charge in [-0.15, -0.1) is 0 Å². The van der Waals surface area contributed by atoms with Gasteiger partial charge in [0, 0.05) is 6.07 Å². The number of nitrogens with two attached hydrogens (primary N) is 1. The van der Waals surface area contributed by atoms with Crippen molar-refractivity contribution >= 4 is 5.97 Å². The number of ether oxygens (including phenoxy) is 1. The van der Waals surface area contributed by atoms with Crippen molar-refractivity contribution < 1.29 is 13.9 Å². The molecule has 5 heteroatoms. The van der Waals surface area contributed by atoms with Crippen LogP contribution in [-0.4, -0.2) is 12.0 Å². The minimum absolute atomic E-state index is 0.164. The van der Waals surface area contributed by atoms with E-state index < -0.39 is 17.8 Å². The summed E-state index contributed by atoms with van der Waals surface area (Å²) in [5.41, 5.74) is 2.23. The first-order valence-corrected chi connectivity index (χ1v) is 4.07. The van der Waals surface area contributed by atoms with Crippen LogP contribution in [0.4, 0.5) is 4.39 Å². The van der Waals surface area contributed by atoms with Crippen molar-refractivity contribution in [3.8, 4) is 5.75 Å². The molecule has 3 N–H and O–H groups in total. The summed E-state index contributed by atoms with van der Waals surface area (Å²) >= 11 is 0. The zero-order valence-corrected chi connectivity index (χ0v) is 7.66. The second kappa shape index (κ2) is 4.69. The van der Waals surface area contributed by atoms with Crippen LogP contribution in [-0.2, 0) is 4.79 Å². The molecule has 0 aromatic heterocycles. The molecule has 0 aliphatic carbocycles. The highest BCUT2D eigenvalue weighted by molar-refractivity contribution is 5.77. The van der Waals surface area contributed by atoms with Crippen molar-refractivity contribution in [2.45, 2.75) is 13.0 Å². The van der Waals surface area contributed by atoms with Gasteiger partial charge in [-0.2, -0.15) is 0 Å². The average molecular weight is 198 g/mol. The Bertz CT molecular complexity index is 330. The Kier molecular flexibility index (Phi) is 3.55. The third-order valence-electron chi connectivity index (χ3n) is 1.62. The van der Waals surface area contributed by atoms with E-state index >= 15 is 0 Å². The summed E-state index contributed by atoms with van der Waals surface area (Å²) in [4.78, 5) is 11.2. The van der Waals surface area contributed by atoms with Gasteiger partial charge in [0.25, 0.3) is 0 Å². The Morgan fingerprint density at radius 2 is 2.36 bits per heavy atom. The Balaban J connectivity index is 2.65. The molecule has 1 aromatic rings. The summed E-state index contributed by atoms with van der Waals surface area (Å²) in [5, 5.41) is 0. The highest BCUT2D eigenvalue weighted by Gasteiger charge is 2.13. The summed E-state index contributed by atoms with van der Waals surface area (Å²) < 4.78 is 17.5. The standard InChI is InChI=1S/C9H11FN2O2/c1-6(12-11)9(13)14-8-4-2-3-7(10)5-8/h2-6,12H,11H2,1H3. The lowest BCUT2D eigenvalue weighted by Crippen LogP contribution is -2.41. The van der Waals surface area contributed by atoms with Gasteiger partial charge in [-0.1, -0.05) is 6.07 Å². The molecule has 0 bridgehead atoms. The van der Waals surface area contributed by atoms with Gasteiger partial charge in [0.15, 0.2) is 0 Å². The van der Waals surface area contributed by atoms with E-state index in [0.717, 1.165) is 6.07 Å². The minimum atomic E-state index is -0.627. The molecule has 14 heavy (non-hydrogen) atoms. The van der Waals surface area contributed by atoms with E-state index in [9.17, 15) is 9.18 Å². The van der Waals surface area contributed by atoms with E-state index in [-0.39, 0.29) is 5.75 Å². The zero-order valence-electron chi connectivity index (χ0n) is 7.66. The van der Waals surface area contributed by atoms with E-state index in [4.69, 9.17) is 10.6 Å². The number of esters is 1. The van der Waals surface area contributed by atoms with Crippen LogP contribution < -0.4 is 16.0 Å². The fourth-order valence-electron chi connectivity index (χ4n) is 0.803. The quantitative estimate of drug-likeness (QED) is 0.323. The molecule has 0 aliphatic rings. The van der Waals surface area contributed by atoms with Crippen molar-refractivity contribution in [3.63, 3.8) is 0 Å². The van der Waals surface area contributed by atoms with Crippen LogP contribution >= 0.6 is 0 Å². The van der Waals surface area contributed by atoms with Gasteiger partial charge in [-0.3, -0.25) is 5.84 Å². The molecule has 4 nitrogen and oxygen atoms in total. The van der Waals surface area contributed by atoms with E-state index in [2.05, 4.69) is 5.43 Å². The van der Waals surface area contributed by atoms with Crippen molar-refractivity contribution in [2.75, 3.05) is 0 Å². The van der Waals surface area contributed by atoms with Crippen molar-refractivity contribution in [2.24, 2.45) is 5.84 Å². The number of halogens is 1. The first-order valence-electron chi connectivity index (χ1n) is 4.07. The second-order valence-electron chi connectivity index (χ2n) is 2.77. The molecule has 0 saturated heterocycles. The fraction of sp³-hybridized carbons (Fsp3) is 0.222. The van der Waals surface area contributed by atoms with Gasteiger partial charge < -0.3 is 4.74 Å². The van der Waals surface area contributed by atoms with Crippen LogP contribution in [0.15, 0.2) is 24.3 Å². The molecule has 1 atom stereocenters. The number of carbonyl (C=O) groups excluding carboxylic acids is 1. The van der Waals surface area contributed by atoms with Gasteiger partial charge >= 0.3 is 5.97 Å². The molecule has 0 amide bonds. The lowest BCUT2D eigenvalue weighted by atomic mass is 10.3. The Morgan fingerprint density at radius 1 is 1.64 bits per heavy atom. The van der Waals surface area contributed by atoms with E-state index in [0.29, 0.717) is 0 Å². The van der Waals surface area contributed by atoms with Gasteiger partial charge in [0.2, 0.25) is 0 Å². The van der Waals surface area contributed by atoms with Gasteiger partial charge in [0.05, 0.1) is 0 Å². The number of hydrogen-bond donors (Lipinski definition) is 2. The summed E-state index contributed by atoms with van der Waals surface area (Å²) in [6.45, 7) is 1.54. The fourth-order valence-corrected chi connectivity index (χ4v) is 0.803. The summed E-state index contributed by atoms with van der Waals surface area (Å²) in [6, 6.07) is 4.71. The number of hydrazine groups is 1. The Hall–Kier alpha value is -1.46. The molecule has 0 aliphatic heterocycles. The van der Waals surface area contributed by atoms with Crippen LogP contribution in [0.3, 0.4) is 0 Å². The number of hydrogen-bond acceptors (Lipinski definition) is 4. The Labute approximate surface area is 80.8 Å². The van der Waals surface area contributed by atoms with Crippen molar-refractivity contribution in [1.82, 2.24) is 5.43 Å². The monoisotopic (exact) mass is 198 g/mol. The van der Waals surface area contributed by atoms with Crippen molar-refractivity contribution in [3.05, 3.63) is 30.1 Å². The SMILES string of the molecule is CC(NN)C(=O)Oc1cccc(F)c1. The maximum atomic E-state index is 12.7. The number of carbonyl (C=O) groups is 1. The van der Waals surface area contributed by atoms with E-state index in [1.54, 1.807) is 6.92 Å². The molecule has 0 saturated carbocycles. The molecule has 0 radical (unpaired) electrons. The summed E-state index contributed by atoms with van der Waals surface area (Å²) in [7, 11) is 0. The molecule has 0 spiro atoms. The number of benzene rings is 1. The lowest BCUT2D eigenvalue weighted by molar-refractivity contribution is -0.136. The average Bonchev–Trinajstić information content (AvgIpc) is 2.16. The van der Waals surface area contributed by atoms with Gasteiger partial charge in [-0.05, 0) is 19.1 Å². The normalized spacial score (nSPS) is 12.2. The largest absolute Gasteiger partial charge is 0.425 e. The zero-order chi connectivity index (χ0) is 10.6. The maximum absolute atomic E-state index is 12.7. The molecule has 1 rings (SSSR count). The van der Waals surface area contributed by atoms with E-state index in [1.165, 1.54) is 18.2 Å². The molecule has 1 unspecified atom stereocenters. The minimum Gasteiger partial charge on any atom is -0.425 e. The maximum Gasteiger partial charge on any atom is 0.329 e. The molecule has 76 valence electrons. The third kappa shape index (κ3) is 2.79. The summed E-state index contributed by atoms with van der Waals surface area (Å²) in [6.07, 6.45) is 0. The van der Waals surface area contributed by atoms with Gasteiger partial charge in [-0.25, -0.2) is 14.6 Å². The molecular formula is C9H11FN2O2. The molecule has 0 fully saturated rings. The highest BCUT2D eigenvalue weighted by Crippen LogP contribution is 2.12.